The van der Waals surface area contributed by atoms with Gasteiger partial charge in [0.2, 0.25) is 17.2 Å². The summed E-state index contributed by atoms with van der Waals surface area (Å²) in [6.45, 7) is 18.7. The number of fused-ring (bicyclic) bond motifs is 12. The summed E-state index contributed by atoms with van der Waals surface area (Å²) in [5.74, 6) is 1.39. The maximum atomic E-state index is 12.5. The quantitative estimate of drug-likeness (QED) is 0.120. The molecule has 12 heterocycles. The zero-order valence-electron chi connectivity index (χ0n) is 54.0. The standard InChI is InChI=1S/C24H34N6O2.C19H26N6.C14H15ClN4.C10H20N2O2/c1-23(2,3)32-22(31)29-11-7-8-18(15-29)27-21-26-13-17-12-19-14-25-16-24(9-5-4-6-10-24)30(19)20(17)28-21;1-2-6-19(7-3-1)13-21-12-16-9-14-10-22-18(24-17(14)25(16)19)23-15-5-4-8-20-11-15;15-13-17-7-10-6-11-8-16-9-14(4-2-1-3-5-14)19(11)12(10)18-13;1-10(2,3)14-9(13)12-6-4-5-8(11)7-12/h12-14,18H,4-11,15-16H2,1-3H3,(H,26,27,28);9-10,12,15,20H,1-8,11,13H2,(H,22,23,24);6-8H,1-5,9H2;8H,4-7,11H2,1-3H3/t18-;15-;;8-/m11.1/s1. The number of halogens is 1. The lowest BCUT2D eigenvalue weighted by atomic mass is 9.80. The molecule has 5 N–H and O–H groups in total. The van der Waals surface area contributed by atoms with Crippen LogP contribution in [0, 0.1) is 0 Å². The first-order chi connectivity index (χ1) is 43.3. The molecule has 6 aromatic heterocycles. The molecule has 0 radical (unpaired) electrons. The lowest BCUT2D eigenvalue weighted by molar-refractivity contribution is 0.0193. The number of hydrogen-bond acceptors (Lipinski definition) is 17. The first-order valence-electron chi connectivity index (χ1n) is 33.6. The predicted octanol–water partition coefficient (Wildman–Crippen LogP) is 11.5. The molecule has 2 amide bonds. The number of carbonyl (C=O) groups excluding carboxylic acids is 2. The fraction of sp³-hybridized carbons (Fsp3) is 0.657. The Labute approximate surface area is 534 Å². The van der Waals surface area contributed by atoms with Gasteiger partial charge in [0, 0.05) is 104 Å². The first-order valence-corrected chi connectivity index (χ1v) is 34.0. The van der Waals surface area contributed by atoms with E-state index in [-0.39, 0.29) is 40.9 Å². The van der Waals surface area contributed by atoms with E-state index in [1.165, 1.54) is 102 Å². The summed E-state index contributed by atoms with van der Waals surface area (Å²) in [5.41, 5.74) is 11.6. The Balaban J connectivity index is 0.000000121. The molecule has 22 nitrogen and oxygen atoms in total. The highest BCUT2D eigenvalue weighted by Crippen LogP contribution is 2.44. The van der Waals surface area contributed by atoms with Crippen LogP contribution >= 0.6 is 11.6 Å². The number of rotatable bonds is 4. The Morgan fingerprint density at radius 1 is 0.544 bits per heavy atom. The summed E-state index contributed by atoms with van der Waals surface area (Å²) in [5, 5.41) is 14.0. The van der Waals surface area contributed by atoms with Crippen molar-refractivity contribution in [2.45, 2.75) is 222 Å². The monoisotopic (exact) mass is 1250 g/mol. The van der Waals surface area contributed by atoms with Crippen molar-refractivity contribution in [3.63, 3.8) is 0 Å². The van der Waals surface area contributed by atoms with Crippen LogP contribution in [-0.2, 0) is 26.1 Å². The number of hydrogen-bond donors (Lipinski definition) is 4. The van der Waals surface area contributed by atoms with Gasteiger partial charge in [-0.05, 0) is 155 Å². The van der Waals surface area contributed by atoms with E-state index in [4.69, 9.17) is 41.8 Å². The number of aliphatic imine (C=N–C) groups is 3. The van der Waals surface area contributed by atoms with Gasteiger partial charge < -0.3 is 54.7 Å². The molecule has 3 spiro atoms. The lowest BCUT2D eigenvalue weighted by Gasteiger charge is -2.40. The van der Waals surface area contributed by atoms with Gasteiger partial charge in [-0.3, -0.25) is 15.0 Å². The molecule has 6 aromatic rings. The van der Waals surface area contributed by atoms with E-state index in [0.29, 0.717) is 30.4 Å². The van der Waals surface area contributed by atoms with Gasteiger partial charge in [0.15, 0.2) is 0 Å². The van der Waals surface area contributed by atoms with E-state index in [1.54, 1.807) is 16.0 Å². The van der Waals surface area contributed by atoms with Crippen molar-refractivity contribution < 1.29 is 19.1 Å². The van der Waals surface area contributed by atoms with Crippen LogP contribution in [-0.4, -0.2) is 172 Å². The topological polar surface area (TPSA) is 250 Å². The highest BCUT2D eigenvalue weighted by molar-refractivity contribution is 6.28. The molecule has 15 rings (SSSR count). The number of nitrogens with zero attached hydrogens (tertiary/aromatic N) is 14. The van der Waals surface area contributed by atoms with Gasteiger partial charge in [-0.2, -0.15) is 15.0 Å². The SMILES string of the molecule is C1=NCC2(CCCCC2)n2c1cc1cnc(N[C@@H]3CCCNC3)nc12.CC(C)(C)OC(=O)N1CCC[C@@H](N)C1.CC(C)(C)OC(=O)N1CCC[C@@H](Nc2ncc3cc4n(c3n2)C2(CCCCC2)CN=C4)C1.Clc1ncc2cc3n(c2n1)C1(CCCCC1)CN=C3. The molecule has 0 aromatic carbocycles. The largest absolute Gasteiger partial charge is 0.444 e. The van der Waals surface area contributed by atoms with Crippen LogP contribution in [0.5, 0.6) is 0 Å². The Morgan fingerprint density at radius 3 is 1.39 bits per heavy atom. The lowest BCUT2D eigenvalue weighted by Crippen LogP contribution is -2.47. The van der Waals surface area contributed by atoms with Crippen LogP contribution in [0.25, 0.3) is 33.1 Å². The minimum Gasteiger partial charge on any atom is -0.444 e. The van der Waals surface area contributed by atoms with Crippen molar-refractivity contribution in [3.8, 4) is 0 Å². The number of nitrogens with two attached hydrogens (primary N) is 1. The smallest absolute Gasteiger partial charge is 0.410 e. The normalized spacial score (nSPS) is 23.1. The highest BCUT2D eigenvalue weighted by atomic mass is 35.5. The molecule has 9 aliphatic rings. The molecule has 484 valence electrons. The Kier molecular flexibility index (Phi) is 18.9. The second-order valence-corrected chi connectivity index (χ2v) is 29.1. The van der Waals surface area contributed by atoms with Gasteiger partial charge in [-0.25, -0.2) is 24.5 Å². The fourth-order valence-electron chi connectivity index (χ4n) is 15.3. The van der Waals surface area contributed by atoms with E-state index in [0.717, 1.165) is 135 Å². The zero-order valence-corrected chi connectivity index (χ0v) is 54.7. The van der Waals surface area contributed by atoms with Gasteiger partial charge in [0.25, 0.3) is 0 Å². The van der Waals surface area contributed by atoms with Crippen LogP contribution in [0.2, 0.25) is 5.28 Å². The Bertz CT molecular complexity index is 3590. The molecule has 3 saturated heterocycles. The zero-order chi connectivity index (χ0) is 62.7. The molecule has 23 heteroatoms. The maximum Gasteiger partial charge on any atom is 0.410 e. The number of amides is 2. The van der Waals surface area contributed by atoms with Crippen LogP contribution < -0.4 is 21.7 Å². The average Bonchev–Trinajstić information content (AvgIpc) is 1.60. The number of ether oxygens (including phenoxy) is 2. The van der Waals surface area contributed by atoms with Crippen LogP contribution in [0.1, 0.15) is 193 Å². The van der Waals surface area contributed by atoms with Crippen molar-refractivity contribution in [3.05, 3.63) is 59.2 Å². The van der Waals surface area contributed by atoms with Crippen molar-refractivity contribution in [2.75, 3.05) is 69.5 Å². The Hall–Kier alpha value is -6.78. The molecule has 3 atom stereocenters. The number of piperidine rings is 3. The molecule has 3 aliphatic carbocycles. The number of likely N-dealkylation sites (tertiary alicyclic amines) is 2. The first kappa shape index (κ1) is 63.4. The third-order valence-corrected chi connectivity index (χ3v) is 19.6. The second kappa shape index (κ2) is 26.8. The third-order valence-electron chi connectivity index (χ3n) is 19.4. The minimum absolute atomic E-state index is 0.0497. The Morgan fingerprint density at radius 2 is 0.956 bits per heavy atom. The molecule has 90 heavy (non-hydrogen) atoms. The summed E-state index contributed by atoms with van der Waals surface area (Å²) >= 11 is 5.98. The summed E-state index contributed by atoms with van der Waals surface area (Å²) < 4.78 is 18.1. The van der Waals surface area contributed by atoms with Crippen molar-refractivity contribution in [2.24, 2.45) is 20.7 Å². The minimum atomic E-state index is -0.488. The molecule has 0 unspecified atom stereocenters. The van der Waals surface area contributed by atoms with Crippen molar-refractivity contribution >= 4 is 87.4 Å². The number of carbonyl (C=O) groups is 2. The number of nitrogens with one attached hydrogen (secondary N) is 3. The van der Waals surface area contributed by atoms with Gasteiger partial charge in [-0.15, -0.1) is 0 Å². The van der Waals surface area contributed by atoms with E-state index in [1.807, 2.05) is 72.6 Å². The third kappa shape index (κ3) is 14.3. The summed E-state index contributed by atoms with van der Waals surface area (Å²) in [6.07, 6.45) is 36.1. The fourth-order valence-corrected chi connectivity index (χ4v) is 15.4. The van der Waals surface area contributed by atoms with E-state index in [2.05, 4.69) is 77.8 Å². The van der Waals surface area contributed by atoms with E-state index in [9.17, 15) is 9.59 Å². The van der Waals surface area contributed by atoms with Crippen LogP contribution in [0.4, 0.5) is 21.5 Å². The van der Waals surface area contributed by atoms with Gasteiger partial charge in [0.1, 0.15) is 28.1 Å². The van der Waals surface area contributed by atoms with E-state index >= 15 is 0 Å². The molecule has 3 saturated carbocycles. The maximum absolute atomic E-state index is 12.5. The van der Waals surface area contributed by atoms with Gasteiger partial charge >= 0.3 is 12.2 Å². The van der Waals surface area contributed by atoms with E-state index < -0.39 is 11.2 Å². The summed E-state index contributed by atoms with van der Waals surface area (Å²) in [4.78, 5) is 69.2. The molecular formula is C67H95ClN18O4. The van der Waals surface area contributed by atoms with Gasteiger partial charge in [-0.1, -0.05) is 57.8 Å². The summed E-state index contributed by atoms with van der Waals surface area (Å²) in [7, 11) is 0. The van der Waals surface area contributed by atoms with Crippen LogP contribution in [0.15, 0.2) is 51.8 Å². The molecule has 0 bridgehead atoms. The van der Waals surface area contributed by atoms with Crippen molar-refractivity contribution in [1.82, 2.24) is 58.7 Å². The highest BCUT2D eigenvalue weighted by Gasteiger charge is 2.41. The van der Waals surface area contributed by atoms with Crippen LogP contribution in [0.3, 0.4) is 0 Å². The van der Waals surface area contributed by atoms with Gasteiger partial charge in [0.05, 0.1) is 53.3 Å². The molecule has 6 fully saturated rings. The second-order valence-electron chi connectivity index (χ2n) is 28.8. The molecule has 6 aliphatic heterocycles. The number of aromatic nitrogens is 9. The average molecular weight is 1250 g/mol. The van der Waals surface area contributed by atoms with Crippen molar-refractivity contribution in [1.29, 1.82) is 0 Å². The molecular weight excluding hydrogens is 1160 g/mol. The summed E-state index contributed by atoms with van der Waals surface area (Å²) in [6, 6.07) is 7.10. The predicted molar refractivity (Wildman–Crippen MR) is 357 cm³/mol. The number of anilines is 2.